The summed E-state index contributed by atoms with van der Waals surface area (Å²) in [4.78, 5) is 0. The molecular weight excluding hydrogens is 281 g/mol. The summed E-state index contributed by atoms with van der Waals surface area (Å²) in [6.45, 7) is 6.55. The number of benzene rings is 1. The van der Waals surface area contributed by atoms with Gasteiger partial charge in [-0.3, -0.25) is 0 Å². The van der Waals surface area contributed by atoms with Gasteiger partial charge in [0.05, 0.1) is 0 Å². The Morgan fingerprint density at radius 1 is 1.41 bits per heavy atom. The second kappa shape index (κ2) is 5.49. The molecule has 1 aliphatic rings. The second-order valence-electron chi connectivity index (χ2n) is 5.17. The Bertz CT molecular complexity index is 392. The Labute approximate surface area is 111 Å². The topological polar surface area (TPSA) is 12.0 Å². The Morgan fingerprint density at radius 2 is 2.18 bits per heavy atom. The molecule has 1 nitrogen and oxygen atoms in total. The molecule has 1 aromatic carbocycles. The van der Waals surface area contributed by atoms with Gasteiger partial charge in [-0.1, -0.05) is 29.8 Å². The van der Waals surface area contributed by atoms with Gasteiger partial charge in [0.25, 0.3) is 0 Å². The van der Waals surface area contributed by atoms with Gasteiger partial charge in [-0.05, 0) is 61.0 Å². The van der Waals surface area contributed by atoms with Gasteiger partial charge in [0.1, 0.15) is 5.82 Å². The molecule has 1 aromatic rings. The lowest BCUT2D eigenvalue weighted by atomic mass is 9.75. The fourth-order valence-corrected chi connectivity index (χ4v) is 3.31. The molecule has 3 heteroatoms. The maximum Gasteiger partial charge on any atom is 0.123 e. The molecular formula is C14H19BrFN. The molecule has 0 aliphatic carbocycles. The van der Waals surface area contributed by atoms with Crippen molar-refractivity contribution >= 4 is 15.9 Å². The third-order valence-electron chi connectivity index (χ3n) is 3.74. The molecule has 1 aliphatic heterocycles. The minimum Gasteiger partial charge on any atom is -0.316 e. The molecule has 1 N–H and O–H groups in total. The molecule has 0 radical (unpaired) electrons. The van der Waals surface area contributed by atoms with Crippen molar-refractivity contribution in [2.24, 2.45) is 11.8 Å². The fourth-order valence-electron chi connectivity index (χ4n) is 2.77. The zero-order valence-corrected chi connectivity index (χ0v) is 11.9. The van der Waals surface area contributed by atoms with E-state index >= 15 is 0 Å². The van der Waals surface area contributed by atoms with Crippen LogP contribution in [-0.2, 0) is 0 Å². The molecule has 2 atom stereocenters. The van der Waals surface area contributed by atoms with Crippen molar-refractivity contribution < 1.29 is 4.39 Å². The summed E-state index contributed by atoms with van der Waals surface area (Å²) in [6.07, 6.45) is 1.09. The first-order chi connectivity index (χ1) is 8.09. The zero-order valence-electron chi connectivity index (χ0n) is 10.3. The predicted octanol–water partition coefficient (Wildman–Crippen LogP) is 3.94. The summed E-state index contributed by atoms with van der Waals surface area (Å²) in [5.74, 6) is 1.52. The van der Waals surface area contributed by atoms with Crippen molar-refractivity contribution in [1.29, 1.82) is 0 Å². The third-order valence-corrected chi connectivity index (χ3v) is 4.46. The molecule has 17 heavy (non-hydrogen) atoms. The van der Waals surface area contributed by atoms with E-state index in [0.717, 1.165) is 29.5 Å². The van der Waals surface area contributed by atoms with Crippen molar-refractivity contribution in [3.63, 3.8) is 0 Å². The monoisotopic (exact) mass is 299 g/mol. The van der Waals surface area contributed by atoms with Gasteiger partial charge in [0, 0.05) is 4.47 Å². The van der Waals surface area contributed by atoms with E-state index in [1.807, 2.05) is 6.07 Å². The summed E-state index contributed by atoms with van der Waals surface area (Å²) in [5.41, 5.74) is 1.13. The van der Waals surface area contributed by atoms with Gasteiger partial charge in [-0.15, -0.1) is 0 Å². The van der Waals surface area contributed by atoms with Crippen molar-refractivity contribution in [3.8, 4) is 0 Å². The fraction of sp³-hybridized carbons (Fsp3) is 0.571. The van der Waals surface area contributed by atoms with Crippen LogP contribution in [0, 0.1) is 17.7 Å². The summed E-state index contributed by atoms with van der Waals surface area (Å²) in [7, 11) is 0. The Morgan fingerprint density at radius 3 is 2.88 bits per heavy atom. The maximum atomic E-state index is 13.4. The number of piperidine rings is 1. The van der Waals surface area contributed by atoms with E-state index in [9.17, 15) is 4.39 Å². The number of rotatable bonds is 2. The average Bonchev–Trinajstić information content (AvgIpc) is 2.32. The van der Waals surface area contributed by atoms with Crippen LogP contribution >= 0.6 is 15.9 Å². The second-order valence-corrected chi connectivity index (χ2v) is 6.03. The Kier molecular flexibility index (Phi) is 4.21. The molecule has 0 spiro atoms. The van der Waals surface area contributed by atoms with Crippen LogP contribution in [0.2, 0.25) is 0 Å². The minimum absolute atomic E-state index is 0.135. The predicted molar refractivity (Wildman–Crippen MR) is 72.7 cm³/mol. The highest BCUT2D eigenvalue weighted by Gasteiger charge is 2.29. The van der Waals surface area contributed by atoms with Gasteiger partial charge < -0.3 is 5.32 Å². The molecule has 1 heterocycles. The van der Waals surface area contributed by atoms with E-state index in [0.29, 0.717) is 17.8 Å². The number of halogens is 2. The zero-order chi connectivity index (χ0) is 12.4. The van der Waals surface area contributed by atoms with Crippen LogP contribution in [-0.4, -0.2) is 13.1 Å². The first kappa shape index (κ1) is 13.0. The molecule has 0 bridgehead atoms. The van der Waals surface area contributed by atoms with Crippen LogP contribution in [0.15, 0.2) is 22.7 Å². The number of nitrogens with one attached hydrogen (secondary N) is 1. The van der Waals surface area contributed by atoms with Crippen LogP contribution < -0.4 is 5.32 Å². The van der Waals surface area contributed by atoms with E-state index in [1.54, 1.807) is 6.07 Å². The number of hydrogen-bond donors (Lipinski definition) is 1. The molecule has 2 rings (SSSR count). The molecule has 1 saturated heterocycles. The normalized spacial score (nSPS) is 25.2. The molecule has 0 amide bonds. The lowest BCUT2D eigenvalue weighted by molar-refractivity contribution is 0.254. The van der Waals surface area contributed by atoms with Crippen LogP contribution in [0.3, 0.4) is 0 Å². The van der Waals surface area contributed by atoms with Crippen molar-refractivity contribution in [1.82, 2.24) is 5.32 Å². The Hall–Kier alpha value is -0.410. The maximum absolute atomic E-state index is 13.4. The lowest BCUT2D eigenvalue weighted by Crippen LogP contribution is -2.38. The molecule has 0 aromatic heterocycles. The summed E-state index contributed by atoms with van der Waals surface area (Å²) in [5, 5.41) is 3.44. The summed E-state index contributed by atoms with van der Waals surface area (Å²) in [6, 6.07) is 5.03. The van der Waals surface area contributed by atoms with Gasteiger partial charge >= 0.3 is 0 Å². The molecule has 94 valence electrons. The first-order valence-electron chi connectivity index (χ1n) is 6.25. The smallest absolute Gasteiger partial charge is 0.123 e. The van der Waals surface area contributed by atoms with Crippen molar-refractivity contribution in [3.05, 3.63) is 34.1 Å². The molecule has 2 unspecified atom stereocenters. The Balaban J connectivity index is 2.32. The highest BCUT2D eigenvalue weighted by molar-refractivity contribution is 9.10. The SMILES string of the molecule is CC(C)C1CNCCC1c1cc(F)ccc1Br. The quantitative estimate of drug-likeness (QED) is 0.872. The van der Waals surface area contributed by atoms with Crippen LogP contribution in [0.5, 0.6) is 0 Å². The van der Waals surface area contributed by atoms with E-state index < -0.39 is 0 Å². The summed E-state index contributed by atoms with van der Waals surface area (Å²) < 4.78 is 14.4. The van der Waals surface area contributed by atoms with Crippen molar-refractivity contribution in [2.75, 3.05) is 13.1 Å². The molecule has 1 fully saturated rings. The van der Waals surface area contributed by atoms with Crippen LogP contribution in [0.4, 0.5) is 4.39 Å². The van der Waals surface area contributed by atoms with Crippen LogP contribution in [0.25, 0.3) is 0 Å². The molecule has 0 saturated carbocycles. The van der Waals surface area contributed by atoms with Gasteiger partial charge in [0.2, 0.25) is 0 Å². The largest absolute Gasteiger partial charge is 0.316 e. The van der Waals surface area contributed by atoms with Gasteiger partial charge in [-0.2, -0.15) is 0 Å². The minimum atomic E-state index is -0.135. The standard InChI is InChI=1S/C14H19BrFN/c1-9(2)13-8-17-6-5-11(13)12-7-10(16)3-4-14(12)15/h3-4,7,9,11,13,17H,5-6,8H2,1-2H3. The van der Waals surface area contributed by atoms with E-state index in [4.69, 9.17) is 0 Å². The first-order valence-corrected chi connectivity index (χ1v) is 7.04. The van der Waals surface area contributed by atoms with E-state index in [1.165, 1.54) is 6.07 Å². The van der Waals surface area contributed by atoms with Gasteiger partial charge in [0.15, 0.2) is 0 Å². The number of hydrogen-bond acceptors (Lipinski definition) is 1. The van der Waals surface area contributed by atoms with Crippen LogP contribution in [0.1, 0.15) is 31.7 Å². The lowest BCUT2D eigenvalue weighted by Gasteiger charge is -2.35. The summed E-state index contributed by atoms with van der Waals surface area (Å²) >= 11 is 3.56. The third kappa shape index (κ3) is 2.89. The van der Waals surface area contributed by atoms with E-state index in [2.05, 4.69) is 35.1 Å². The van der Waals surface area contributed by atoms with Gasteiger partial charge in [-0.25, -0.2) is 4.39 Å². The van der Waals surface area contributed by atoms with Crippen molar-refractivity contribution in [2.45, 2.75) is 26.2 Å². The average molecular weight is 300 g/mol. The highest BCUT2D eigenvalue weighted by atomic mass is 79.9. The van der Waals surface area contributed by atoms with E-state index in [-0.39, 0.29) is 5.82 Å². The highest BCUT2D eigenvalue weighted by Crippen LogP contribution is 2.38.